The summed E-state index contributed by atoms with van der Waals surface area (Å²) in [5, 5.41) is 5.53. The number of anilines is 1. The van der Waals surface area contributed by atoms with E-state index in [0.29, 0.717) is 24.3 Å². The van der Waals surface area contributed by atoms with E-state index in [-0.39, 0.29) is 30.6 Å². The van der Waals surface area contributed by atoms with Crippen molar-refractivity contribution in [3.63, 3.8) is 0 Å². The van der Waals surface area contributed by atoms with Gasteiger partial charge >= 0.3 is 0 Å². The van der Waals surface area contributed by atoms with Crippen LogP contribution in [0.15, 0.2) is 60.7 Å². The van der Waals surface area contributed by atoms with Crippen LogP contribution < -0.4 is 10.6 Å². The lowest BCUT2D eigenvalue weighted by atomic mass is 10.1. The largest absolute Gasteiger partial charge is 0.340 e. The summed E-state index contributed by atoms with van der Waals surface area (Å²) >= 11 is 0. The minimum Gasteiger partial charge on any atom is -0.340 e. The van der Waals surface area contributed by atoms with Gasteiger partial charge in [0.1, 0.15) is 6.04 Å². The van der Waals surface area contributed by atoms with Gasteiger partial charge in [0.25, 0.3) is 5.91 Å². The minimum absolute atomic E-state index is 0.0216. The Bertz CT molecular complexity index is 997. The van der Waals surface area contributed by atoms with Crippen LogP contribution in [-0.4, -0.2) is 66.3 Å². The average Bonchev–Trinajstić information content (AvgIpc) is 2.94. The molecular formula is C25H28N4O3. The van der Waals surface area contributed by atoms with Crippen LogP contribution >= 0.6 is 0 Å². The van der Waals surface area contributed by atoms with Crippen LogP contribution in [0.2, 0.25) is 0 Å². The Morgan fingerprint density at radius 2 is 1.69 bits per heavy atom. The van der Waals surface area contributed by atoms with Crippen LogP contribution in [-0.2, 0) is 9.59 Å². The summed E-state index contributed by atoms with van der Waals surface area (Å²) in [6.07, 6.45) is 4.77. The Morgan fingerprint density at radius 3 is 2.47 bits per heavy atom. The number of carbonyl (C=O) groups excluding carboxylic acids is 3. The monoisotopic (exact) mass is 432 g/mol. The van der Waals surface area contributed by atoms with Gasteiger partial charge in [-0.3, -0.25) is 19.3 Å². The molecule has 4 rings (SSSR count). The van der Waals surface area contributed by atoms with Crippen LogP contribution in [0, 0.1) is 0 Å². The van der Waals surface area contributed by atoms with E-state index in [1.54, 1.807) is 24.3 Å². The molecule has 2 heterocycles. The molecule has 1 fully saturated rings. The van der Waals surface area contributed by atoms with E-state index in [9.17, 15) is 14.4 Å². The first kappa shape index (κ1) is 21.8. The van der Waals surface area contributed by atoms with Gasteiger partial charge in [-0.2, -0.15) is 0 Å². The highest BCUT2D eigenvalue weighted by Crippen LogP contribution is 2.19. The molecule has 0 aliphatic carbocycles. The predicted octanol–water partition coefficient (Wildman–Crippen LogP) is 2.37. The molecule has 1 unspecified atom stereocenters. The second kappa shape index (κ2) is 10.2. The third kappa shape index (κ3) is 5.42. The lowest BCUT2D eigenvalue weighted by Crippen LogP contribution is -2.49. The summed E-state index contributed by atoms with van der Waals surface area (Å²) < 4.78 is 0. The van der Waals surface area contributed by atoms with E-state index in [1.165, 1.54) is 5.56 Å². The normalized spacial score (nSPS) is 19.2. The van der Waals surface area contributed by atoms with Gasteiger partial charge in [0.05, 0.1) is 11.3 Å². The number of rotatable bonds is 6. The molecule has 1 atom stereocenters. The predicted molar refractivity (Wildman–Crippen MR) is 124 cm³/mol. The van der Waals surface area contributed by atoms with Gasteiger partial charge in [0.15, 0.2) is 0 Å². The van der Waals surface area contributed by atoms with E-state index in [4.69, 9.17) is 0 Å². The number of carbonyl (C=O) groups is 3. The fourth-order valence-electron chi connectivity index (χ4n) is 4.02. The summed E-state index contributed by atoms with van der Waals surface area (Å²) in [5.41, 5.74) is 2.12. The molecular weight excluding hydrogens is 404 g/mol. The second-order valence-corrected chi connectivity index (χ2v) is 8.09. The van der Waals surface area contributed by atoms with Crippen molar-refractivity contribution in [3.8, 4) is 0 Å². The first-order valence-electron chi connectivity index (χ1n) is 11.0. The lowest BCUT2D eigenvalue weighted by molar-refractivity contribution is -0.133. The topological polar surface area (TPSA) is 81.8 Å². The van der Waals surface area contributed by atoms with Crippen molar-refractivity contribution in [1.82, 2.24) is 15.1 Å². The zero-order valence-corrected chi connectivity index (χ0v) is 18.0. The van der Waals surface area contributed by atoms with Gasteiger partial charge in [0, 0.05) is 39.1 Å². The number of piperazine rings is 1. The summed E-state index contributed by atoms with van der Waals surface area (Å²) in [4.78, 5) is 41.8. The first-order chi connectivity index (χ1) is 15.6. The van der Waals surface area contributed by atoms with Gasteiger partial charge in [-0.1, -0.05) is 54.6 Å². The molecule has 7 heteroatoms. The second-order valence-electron chi connectivity index (χ2n) is 8.09. The number of para-hydroxylation sites is 1. The number of nitrogens with one attached hydrogen (secondary N) is 2. The SMILES string of the molecule is O=C1NC(CCC(=O)N2CCN(C/C=C/c3ccccc3)CC2)C(=O)Nc2ccccc21. The summed E-state index contributed by atoms with van der Waals surface area (Å²) in [6, 6.07) is 16.4. The summed E-state index contributed by atoms with van der Waals surface area (Å²) in [7, 11) is 0. The maximum atomic E-state index is 12.7. The summed E-state index contributed by atoms with van der Waals surface area (Å²) in [5.74, 6) is -0.562. The highest BCUT2D eigenvalue weighted by molar-refractivity contribution is 6.09. The fraction of sp³-hybridized carbons (Fsp3) is 0.320. The standard InChI is InChI=1S/C25H28N4O3/c30-23(13-12-22-25(32)26-21-11-5-4-10-20(21)24(31)27-22)29-17-15-28(16-18-29)14-6-9-19-7-2-1-3-8-19/h1-11,22H,12-18H2,(H,26,32)(H,27,31)/b9-6+. The number of nitrogens with zero attached hydrogens (tertiary/aromatic N) is 2. The quantitative estimate of drug-likeness (QED) is 0.734. The highest BCUT2D eigenvalue weighted by Gasteiger charge is 2.29. The average molecular weight is 433 g/mol. The number of hydrogen-bond acceptors (Lipinski definition) is 4. The molecule has 3 amide bonds. The van der Waals surface area contributed by atoms with Crippen molar-refractivity contribution in [3.05, 3.63) is 71.8 Å². The molecule has 0 saturated carbocycles. The Hall–Kier alpha value is -3.45. The molecule has 2 aliphatic rings. The molecule has 0 bridgehead atoms. The van der Waals surface area contributed by atoms with Crippen molar-refractivity contribution in [1.29, 1.82) is 0 Å². The number of fused-ring (bicyclic) bond motifs is 1. The van der Waals surface area contributed by atoms with Crippen molar-refractivity contribution in [2.24, 2.45) is 0 Å². The van der Waals surface area contributed by atoms with Gasteiger partial charge in [-0.05, 0) is 24.1 Å². The third-order valence-corrected chi connectivity index (χ3v) is 5.90. The van der Waals surface area contributed by atoms with E-state index >= 15 is 0 Å². The molecule has 1 saturated heterocycles. The van der Waals surface area contributed by atoms with E-state index in [0.717, 1.165) is 19.6 Å². The van der Waals surface area contributed by atoms with Gasteiger partial charge < -0.3 is 15.5 Å². The number of amides is 3. The molecule has 2 aliphatic heterocycles. The highest BCUT2D eigenvalue weighted by atomic mass is 16.2. The van der Waals surface area contributed by atoms with Crippen molar-refractivity contribution in [2.75, 3.05) is 38.0 Å². The molecule has 0 aromatic heterocycles. The number of hydrogen-bond donors (Lipinski definition) is 2. The minimum atomic E-state index is -0.719. The van der Waals surface area contributed by atoms with Crippen LogP contribution in [0.4, 0.5) is 5.69 Å². The van der Waals surface area contributed by atoms with Crippen LogP contribution in [0.1, 0.15) is 28.8 Å². The molecule has 2 aromatic rings. The van der Waals surface area contributed by atoms with Gasteiger partial charge in [-0.15, -0.1) is 0 Å². The maximum absolute atomic E-state index is 12.7. The molecule has 166 valence electrons. The molecule has 0 radical (unpaired) electrons. The Morgan fingerprint density at radius 1 is 0.969 bits per heavy atom. The van der Waals surface area contributed by atoms with Crippen molar-refractivity contribution >= 4 is 29.5 Å². The van der Waals surface area contributed by atoms with Crippen LogP contribution in [0.3, 0.4) is 0 Å². The van der Waals surface area contributed by atoms with E-state index < -0.39 is 6.04 Å². The molecule has 0 spiro atoms. The van der Waals surface area contributed by atoms with Crippen LogP contribution in [0.5, 0.6) is 0 Å². The van der Waals surface area contributed by atoms with E-state index in [2.05, 4.69) is 39.8 Å². The Kier molecular flexibility index (Phi) is 6.97. The van der Waals surface area contributed by atoms with Gasteiger partial charge in [0.2, 0.25) is 11.8 Å². The molecule has 32 heavy (non-hydrogen) atoms. The van der Waals surface area contributed by atoms with Crippen LogP contribution in [0.25, 0.3) is 6.08 Å². The lowest BCUT2D eigenvalue weighted by Gasteiger charge is -2.34. The van der Waals surface area contributed by atoms with Crippen molar-refractivity contribution < 1.29 is 14.4 Å². The zero-order valence-electron chi connectivity index (χ0n) is 18.0. The van der Waals surface area contributed by atoms with Crippen molar-refractivity contribution in [2.45, 2.75) is 18.9 Å². The van der Waals surface area contributed by atoms with Gasteiger partial charge in [-0.25, -0.2) is 0 Å². The first-order valence-corrected chi connectivity index (χ1v) is 11.0. The summed E-state index contributed by atoms with van der Waals surface area (Å²) in [6.45, 7) is 3.84. The fourth-order valence-corrected chi connectivity index (χ4v) is 4.02. The number of benzene rings is 2. The Balaban J connectivity index is 1.22. The smallest absolute Gasteiger partial charge is 0.254 e. The maximum Gasteiger partial charge on any atom is 0.254 e. The molecule has 2 N–H and O–H groups in total. The zero-order chi connectivity index (χ0) is 22.3. The molecule has 7 nitrogen and oxygen atoms in total. The Labute approximate surface area is 188 Å². The van der Waals surface area contributed by atoms with E-state index in [1.807, 2.05) is 23.1 Å². The molecule has 2 aromatic carbocycles. The third-order valence-electron chi connectivity index (χ3n) is 5.90.